The zero-order valence-corrected chi connectivity index (χ0v) is 8.54. The van der Waals surface area contributed by atoms with E-state index in [1.165, 1.54) is 5.56 Å². The van der Waals surface area contributed by atoms with Gasteiger partial charge >= 0.3 is 0 Å². The van der Waals surface area contributed by atoms with E-state index in [1.54, 1.807) is 0 Å². The molecule has 1 saturated carbocycles. The molecule has 0 unspecified atom stereocenters. The molecule has 3 heteroatoms. The van der Waals surface area contributed by atoms with E-state index >= 15 is 0 Å². The van der Waals surface area contributed by atoms with E-state index in [2.05, 4.69) is 25.1 Å². The summed E-state index contributed by atoms with van der Waals surface area (Å²) in [6, 6.07) is 0. The van der Waals surface area contributed by atoms with E-state index in [1.807, 2.05) is 17.9 Å². The summed E-state index contributed by atoms with van der Waals surface area (Å²) in [5, 5.41) is 4.19. The lowest BCUT2D eigenvalue weighted by Gasteiger charge is -2.30. The van der Waals surface area contributed by atoms with Gasteiger partial charge in [0.25, 0.3) is 0 Å². The van der Waals surface area contributed by atoms with Crippen molar-refractivity contribution in [1.29, 1.82) is 0 Å². The van der Waals surface area contributed by atoms with Crippen LogP contribution in [-0.4, -0.2) is 15.3 Å². The molecule has 0 aliphatic heterocycles. The third-order valence-corrected chi connectivity index (χ3v) is 3.46. The van der Waals surface area contributed by atoms with Crippen molar-refractivity contribution in [2.45, 2.75) is 37.6 Å². The standard InChI is InChI=1S/C10H17N3/c1-9(2,10(11)4-5-10)8-6-12-13(3)7-8/h6-7H,4-5,11H2,1-3H3. The Morgan fingerprint density at radius 3 is 2.54 bits per heavy atom. The molecule has 1 heterocycles. The van der Waals surface area contributed by atoms with Crippen molar-refractivity contribution in [3.05, 3.63) is 18.0 Å². The summed E-state index contributed by atoms with van der Waals surface area (Å²) >= 11 is 0. The van der Waals surface area contributed by atoms with Gasteiger partial charge in [0.05, 0.1) is 6.20 Å². The Hall–Kier alpha value is -0.830. The van der Waals surface area contributed by atoms with E-state index in [-0.39, 0.29) is 11.0 Å². The van der Waals surface area contributed by atoms with E-state index in [0.29, 0.717) is 0 Å². The van der Waals surface area contributed by atoms with Crippen molar-refractivity contribution in [1.82, 2.24) is 9.78 Å². The number of aryl methyl sites for hydroxylation is 1. The van der Waals surface area contributed by atoms with Gasteiger partial charge in [-0.3, -0.25) is 4.68 Å². The summed E-state index contributed by atoms with van der Waals surface area (Å²) in [7, 11) is 1.94. The monoisotopic (exact) mass is 179 g/mol. The van der Waals surface area contributed by atoms with Crippen molar-refractivity contribution in [3.8, 4) is 0 Å². The van der Waals surface area contributed by atoms with Crippen molar-refractivity contribution in [2.75, 3.05) is 0 Å². The first-order chi connectivity index (χ1) is 5.96. The van der Waals surface area contributed by atoms with Crippen LogP contribution in [0.25, 0.3) is 0 Å². The molecular weight excluding hydrogens is 162 g/mol. The van der Waals surface area contributed by atoms with E-state index < -0.39 is 0 Å². The third-order valence-electron chi connectivity index (χ3n) is 3.46. The van der Waals surface area contributed by atoms with Gasteiger partial charge < -0.3 is 5.73 Å². The van der Waals surface area contributed by atoms with Gasteiger partial charge in [-0.05, 0) is 18.4 Å². The lowest BCUT2D eigenvalue weighted by molar-refractivity contribution is 0.391. The maximum absolute atomic E-state index is 6.23. The van der Waals surface area contributed by atoms with Crippen LogP contribution in [0.1, 0.15) is 32.3 Å². The molecule has 0 saturated heterocycles. The topological polar surface area (TPSA) is 43.8 Å². The van der Waals surface area contributed by atoms with Gasteiger partial charge in [0, 0.05) is 24.2 Å². The van der Waals surface area contributed by atoms with E-state index in [4.69, 9.17) is 5.73 Å². The van der Waals surface area contributed by atoms with Crippen LogP contribution in [0.2, 0.25) is 0 Å². The molecule has 0 atom stereocenters. The minimum absolute atomic E-state index is 0.00995. The molecule has 2 rings (SSSR count). The highest BCUT2D eigenvalue weighted by Crippen LogP contribution is 2.48. The van der Waals surface area contributed by atoms with Gasteiger partial charge in [0.15, 0.2) is 0 Å². The van der Waals surface area contributed by atoms with Crippen LogP contribution >= 0.6 is 0 Å². The molecule has 2 N–H and O–H groups in total. The molecule has 0 amide bonds. The summed E-state index contributed by atoms with van der Waals surface area (Å²) in [5.74, 6) is 0. The SMILES string of the molecule is Cn1cc(C(C)(C)C2(N)CC2)cn1. The Morgan fingerprint density at radius 1 is 1.54 bits per heavy atom. The minimum atomic E-state index is 0.00995. The van der Waals surface area contributed by atoms with Crippen LogP contribution in [0, 0.1) is 0 Å². The van der Waals surface area contributed by atoms with Crippen LogP contribution < -0.4 is 5.73 Å². The molecule has 0 radical (unpaired) electrons. The average molecular weight is 179 g/mol. The highest BCUT2D eigenvalue weighted by molar-refractivity contribution is 5.28. The van der Waals surface area contributed by atoms with Crippen LogP contribution in [-0.2, 0) is 12.5 Å². The molecule has 1 aromatic heterocycles. The molecule has 0 bridgehead atoms. The molecule has 1 aliphatic rings. The molecular formula is C10H17N3. The quantitative estimate of drug-likeness (QED) is 0.741. The average Bonchev–Trinajstić information content (AvgIpc) is 2.63. The van der Waals surface area contributed by atoms with Crippen LogP contribution in [0.5, 0.6) is 0 Å². The molecule has 0 spiro atoms. The first kappa shape index (κ1) is 8.75. The number of hydrogen-bond acceptors (Lipinski definition) is 2. The lowest BCUT2D eigenvalue weighted by atomic mass is 9.77. The fourth-order valence-electron chi connectivity index (χ4n) is 1.79. The molecule has 0 aromatic carbocycles. The van der Waals surface area contributed by atoms with Crippen molar-refractivity contribution >= 4 is 0 Å². The Balaban J connectivity index is 2.34. The molecule has 1 aromatic rings. The van der Waals surface area contributed by atoms with Gasteiger partial charge in [0.2, 0.25) is 0 Å². The molecule has 1 aliphatic carbocycles. The van der Waals surface area contributed by atoms with E-state index in [0.717, 1.165) is 12.8 Å². The highest BCUT2D eigenvalue weighted by Gasteiger charge is 2.52. The zero-order valence-electron chi connectivity index (χ0n) is 8.54. The summed E-state index contributed by atoms with van der Waals surface area (Å²) in [6.07, 6.45) is 6.25. The Kier molecular flexibility index (Phi) is 1.58. The largest absolute Gasteiger partial charge is 0.324 e. The maximum Gasteiger partial charge on any atom is 0.0527 e. The fraction of sp³-hybridized carbons (Fsp3) is 0.700. The van der Waals surface area contributed by atoms with Crippen molar-refractivity contribution in [3.63, 3.8) is 0 Å². The predicted molar refractivity (Wildman–Crippen MR) is 52.4 cm³/mol. The Bertz CT molecular complexity index is 321. The number of rotatable bonds is 2. The summed E-state index contributed by atoms with van der Waals surface area (Å²) in [6.45, 7) is 4.41. The zero-order chi connectivity index (χ0) is 9.69. The lowest BCUT2D eigenvalue weighted by Crippen LogP contribution is -2.43. The summed E-state index contributed by atoms with van der Waals surface area (Å²) < 4.78 is 1.84. The third kappa shape index (κ3) is 1.18. The van der Waals surface area contributed by atoms with Gasteiger partial charge in [-0.1, -0.05) is 13.8 Å². The van der Waals surface area contributed by atoms with E-state index in [9.17, 15) is 0 Å². The van der Waals surface area contributed by atoms with Gasteiger partial charge in [-0.15, -0.1) is 0 Å². The minimum Gasteiger partial charge on any atom is -0.324 e. The van der Waals surface area contributed by atoms with Gasteiger partial charge in [-0.25, -0.2) is 0 Å². The van der Waals surface area contributed by atoms with Gasteiger partial charge in [-0.2, -0.15) is 5.10 Å². The fourth-order valence-corrected chi connectivity index (χ4v) is 1.79. The summed E-state index contributed by atoms with van der Waals surface area (Å²) in [4.78, 5) is 0. The summed E-state index contributed by atoms with van der Waals surface area (Å²) in [5.41, 5.74) is 7.54. The Labute approximate surface area is 78.9 Å². The molecule has 1 fully saturated rings. The second-order valence-electron chi connectivity index (χ2n) is 4.68. The first-order valence-electron chi connectivity index (χ1n) is 4.74. The number of nitrogens with zero attached hydrogens (tertiary/aromatic N) is 2. The molecule has 3 nitrogen and oxygen atoms in total. The number of nitrogens with two attached hydrogens (primary N) is 1. The second-order valence-corrected chi connectivity index (χ2v) is 4.68. The smallest absolute Gasteiger partial charge is 0.0527 e. The molecule has 72 valence electrons. The second kappa shape index (κ2) is 2.35. The number of hydrogen-bond donors (Lipinski definition) is 1. The van der Waals surface area contributed by atoms with Gasteiger partial charge in [0.1, 0.15) is 0 Å². The predicted octanol–water partition coefficient (Wildman–Crippen LogP) is 1.19. The van der Waals surface area contributed by atoms with Crippen molar-refractivity contribution in [2.24, 2.45) is 12.8 Å². The highest BCUT2D eigenvalue weighted by atomic mass is 15.2. The normalized spacial score (nSPS) is 20.3. The van der Waals surface area contributed by atoms with Crippen LogP contribution in [0.4, 0.5) is 0 Å². The van der Waals surface area contributed by atoms with Crippen LogP contribution in [0.3, 0.4) is 0 Å². The Morgan fingerprint density at radius 2 is 2.15 bits per heavy atom. The van der Waals surface area contributed by atoms with Crippen LogP contribution in [0.15, 0.2) is 12.4 Å². The first-order valence-corrected chi connectivity index (χ1v) is 4.74. The number of aromatic nitrogens is 2. The molecule has 13 heavy (non-hydrogen) atoms. The maximum atomic E-state index is 6.23. The van der Waals surface area contributed by atoms with Crippen molar-refractivity contribution < 1.29 is 0 Å².